The number of anilines is 1. The third-order valence-corrected chi connectivity index (χ3v) is 6.72. The molecule has 4 rings (SSSR count). The predicted molar refractivity (Wildman–Crippen MR) is 112 cm³/mol. The number of Topliss-reactive ketones (excluding diaryl/α,β-unsaturated/α-hetero) is 1. The van der Waals surface area contributed by atoms with Crippen molar-refractivity contribution in [1.82, 2.24) is 4.98 Å². The van der Waals surface area contributed by atoms with E-state index in [0.29, 0.717) is 16.8 Å². The van der Waals surface area contributed by atoms with Crippen molar-refractivity contribution in [1.29, 1.82) is 0 Å². The molecule has 0 aliphatic heterocycles. The van der Waals surface area contributed by atoms with Crippen LogP contribution in [0.4, 0.5) is 5.69 Å². The summed E-state index contributed by atoms with van der Waals surface area (Å²) in [4.78, 5) is 16.1. The Labute approximate surface area is 166 Å². The summed E-state index contributed by atoms with van der Waals surface area (Å²) in [6.07, 6.45) is 0. The molecule has 28 heavy (non-hydrogen) atoms. The first-order valence-electron chi connectivity index (χ1n) is 8.53. The summed E-state index contributed by atoms with van der Waals surface area (Å²) >= 11 is 1.51. The van der Waals surface area contributed by atoms with Crippen molar-refractivity contribution in [2.24, 2.45) is 0 Å². The molecule has 0 aliphatic rings. The van der Waals surface area contributed by atoms with Gasteiger partial charge in [-0.2, -0.15) is 0 Å². The maximum atomic E-state index is 12.8. The Bertz CT molecular complexity index is 1240. The molecule has 0 saturated heterocycles. The van der Waals surface area contributed by atoms with Gasteiger partial charge in [-0.05, 0) is 43.3 Å². The quantitative estimate of drug-likeness (QED) is 0.473. The highest BCUT2D eigenvalue weighted by atomic mass is 32.2. The van der Waals surface area contributed by atoms with Crippen LogP contribution in [-0.2, 0) is 10.0 Å². The van der Waals surface area contributed by atoms with E-state index in [0.717, 1.165) is 15.2 Å². The van der Waals surface area contributed by atoms with Gasteiger partial charge in [-0.1, -0.05) is 36.4 Å². The number of thiazole rings is 1. The zero-order chi connectivity index (χ0) is 19.7. The summed E-state index contributed by atoms with van der Waals surface area (Å²) in [6, 6.07) is 20.8. The van der Waals surface area contributed by atoms with Gasteiger partial charge in [0.1, 0.15) is 5.01 Å². The number of carbonyl (C=O) groups excluding carboxylic acids is 1. The number of nitrogens with zero attached hydrogens (tertiary/aromatic N) is 1. The Balaban J connectivity index is 1.71. The number of aromatic nitrogens is 1. The molecule has 7 heteroatoms. The van der Waals surface area contributed by atoms with Gasteiger partial charge < -0.3 is 0 Å². The molecule has 0 radical (unpaired) electrons. The molecule has 0 spiro atoms. The lowest BCUT2D eigenvalue weighted by Gasteiger charge is -2.11. The topological polar surface area (TPSA) is 76.1 Å². The maximum absolute atomic E-state index is 12.8. The Morgan fingerprint density at radius 3 is 2.32 bits per heavy atom. The van der Waals surface area contributed by atoms with Crippen LogP contribution in [0.5, 0.6) is 0 Å². The maximum Gasteiger partial charge on any atom is 0.261 e. The van der Waals surface area contributed by atoms with Gasteiger partial charge in [0, 0.05) is 11.1 Å². The first-order chi connectivity index (χ1) is 13.4. The highest BCUT2D eigenvalue weighted by Gasteiger charge is 2.18. The lowest BCUT2D eigenvalue weighted by atomic mass is 10.2. The van der Waals surface area contributed by atoms with Crippen LogP contribution in [-0.4, -0.2) is 19.2 Å². The summed E-state index contributed by atoms with van der Waals surface area (Å²) in [5.41, 5.74) is 2.51. The summed E-state index contributed by atoms with van der Waals surface area (Å²) in [5, 5.41) is 0.742. The Morgan fingerprint density at radius 1 is 0.929 bits per heavy atom. The summed E-state index contributed by atoms with van der Waals surface area (Å²) < 4.78 is 29.3. The zero-order valence-electron chi connectivity index (χ0n) is 14.9. The van der Waals surface area contributed by atoms with Crippen LogP contribution < -0.4 is 4.72 Å². The van der Waals surface area contributed by atoms with Crippen molar-refractivity contribution in [2.75, 3.05) is 4.72 Å². The van der Waals surface area contributed by atoms with Crippen LogP contribution in [0.25, 0.3) is 20.8 Å². The van der Waals surface area contributed by atoms with E-state index in [2.05, 4.69) is 9.71 Å². The van der Waals surface area contributed by atoms with Gasteiger partial charge in [0.2, 0.25) is 0 Å². The Kier molecular flexibility index (Phi) is 4.70. The number of sulfonamides is 1. The Hall–Kier alpha value is -3.03. The van der Waals surface area contributed by atoms with Crippen molar-refractivity contribution >= 4 is 43.0 Å². The van der Waals surface area contributed by atoms with E-state index in [4.69, 9.17) is 0 Å². The van der Waals surface area contributed by atoms with Crippen molar-refractivity contribution in [3.63, 3.8) is 0 Å². The van der Waals surface area contributed by atoms with E-state index in [-0.39, 0.29) is 10.7 Å². The van der Waals surface area contributed by atoms with E-state index >= 15 is 0 Å². The third-order valence-electron chi connectivity index (χ3n) is 4.27. The average Bonchev–Trinajstić information content (AvgIpc) is 3.12. The van der Waals surface area contributed by atoms with Crippen LogP contribution in [0.1, 0.15) is 17.3 Å². The molecular weight excluding hydrogens is 392 g/mol. The number of nitrogens with one attached hydrogen (secondary N) is 1. The van der Waals surface area contributed by atoms with E-state index in [1.165, 1.54) is 42.5 Å². The van der Waals surface area contributed by atoms with Gasteiger partial charge in [-0.15, -0.1) is 11.3 Å². The lowest BCUT2D eigenvalue weighted by Crippen LogP contribution is -2.13. The molecule has 0 fully saturated rings. The molecule has 1 heterocycles. The second-order valence-electron chi connectivity index (χ2n) is 6.22. The van der Waals surface area contributed by atoms with Gasteiger partial charge in [-0.25, -0.2) is 13.4 Å². The van der Waals surface area contributed by atoms with Crippen LogP contribution in [0, 0.1) is 0 Å². The fourth-order valence-electron chi connectivity index (χ4n) is 2.82. The molecule has 0 bridgehead atoms. The minimum absolute atomic E-state index is 0.0941. The first-order valence-corrected chi connectivity index (χ1v) is 10.8. The number of para-hydroxylation sites is 2. The van der Waals surface area contributed by atoms with Gasteiger partial charge in [-0.3, -0.25) is 9.52 Å². The summed E-state index contributed by atoms with van der Waals surface area (Å²) in [6.45, 7) is 1.44. The number of benzene rings is 3. The van der Waals surface area contributed by atoms with Crippen LogP contribution in [0.15, 0.2) is 77.7 Å². The molecule has 3 aromatic carbocycles. The fourth-order valence-corrected chi connectivity index (χ4v) is 4.90. The number of rotatable bonds is 5. The molecule has 0 saturated carbocycles. The van der Waals surface area contributed by atoms with Gasteiger partial charge in [0.05, 0.1) is 20.8 Å². The number of fused-ring (bicyclic) bond motifs is 1. The second-order valence-corrected chi connectivity index (χ2v) is 8.93. The van der Waals surface area contributed by atoms with Gasteiger partial charge in [0.25, 0.3) is 10.0 Å². The van der Waals surface area contributed by atoms with E-state index < -0.39 is 10.0 Å². The minimum atomic E-state index is -3.80. The number of hydrogen-bond acceptors (Lipinski definition) is 5. The Morgan fingerprint density at radius 2 is 1.61 bits per heavy atom. The largest absolute Gasteiger partial charge is 0.295 e. The standard InChI is InChI=1S/C21H16N2O3S2/c1-14(24)15-10-12-16(13-11-15)28(25,26)23-18-7-3-2-6-17(18)21-22-19-8-4-5-9-20(19)27-21/h2-13,23H,1H3. The SMILES string of the molecule is CC(=O)c1ccc(S(=O)(=O)Nc2ccccc2-c2nc3ccccc3s2)cc1. The monoisotopic (exact) mass is 408 g/mol. The first kappa shape index (κ1) is 18.3. The highest BCUT2D eigenvalue weighted by molar-refractivity contribution is 7.92. The smallest absolute Gasteiger partial charge is 0.261 e. The van der Waals surface area contributed by atoms with Crippen LogP contribution in [0.3, 0.4) is 0 Å². The molecule has 4 aromatic rings. The van der Waals surface area contributed by atoms with Crippen molar-refractivity contribution < 1.29 is 13.2 Å². The minimum Gasteiger partial charge on any atom is -0.295 e. The van der Waals surface area contributed by atoms with Crippen molar-refractivity contribution in [2.45, 2.75) is 11.8 Å². The zero-order valence-corrected chi connectivity index (χ0v) is 16.5. The van der Waals surface area contributed by atoms with Crippen molar-refractivity contribution in [3.8, 4) is 10.6 Å². The normalized spacial score (nSPS) is 11.5. The van der Waals surface area contributed by atoms with E-state index in [9.17, 15) is 13.2 Å². The molecular formula is C21H16N2O3S2. The number of ketones is 1. The molecule has 0 atom stereocenters. The molecule has 1 aromatic heterocycles. The number of carbonyl (C=O) groups is 1. The van der Waals surface area contributed by atoms with Gasteiger partial charge >= 0.3 is 0 Å². The van der Waals surface area contributed by atoms with E-state index in [1.54, 1.807) is 12.1 Å². The average molecular weight is 409 g/mol. The van der Waals surface area contributed by atoms with Crippen LogP contribution >= 0.6 is 11.3 Å². The summed E-state index contributed by atoms with van der Waals surface area (Å²) in [7, 11) is -3.80. The number of hydrogen-bond donors (Lipinski definition) is 1. The molecule has 5 nitrogen and oxygen atoms in total. The van der Waals surface area contributed by atoms with Crippen LogP contribution in [0.2, 0.25) is 0 Å². The molecule has 1 N–H and O–H groups in total. The summed E-state index contributed by atoms with van der Waals surface area (Å²) in [5.74, 6) is -0.113. The van der Waals surface area contributed by atoms with Gasteiger partial charge in [0.15, 0.2) is 5.78 Å². The molecule has 0 unspecified atom stereocenters. The second kappa shape index (κ2) is 7.18. The molecule has 140 valence electrons. The fraction of sp³-hybridized carbons (Fsp3) is 0.0476. The van der Waals surface area contributed by atoms with E-state index in [1.807, 2.05) is 36.4 Å². The third kappa shape index (κ3) is 3.54. The highest BCUT2D eigenvalue weighted by Crippen LogP contribution is 2.35. The predicted octanol–water partition coefficient (Wildman–Crippen LogP) is 4.97. The molecule has 0 aliphatic carbocycles. The van der Waals surface area contributed by atoms with Crippen molar-refractivity contribution in [3.05, 3.63) is 78.4 Å². The lowest BCUT2D eigenvalue weighted by molar-refractivity contribution is 0.101. The molecule has 0 amide bonds.